The molecule has 3 aliphatic rings. The van der Waals surface area contributed by atoms with Crippen molar-refractivity contribution < 1.29 is 9.84 Å². The van der Waals surface area contributed by atoms with Gasteiger partial charge in [0.25, 0.3) is 0 Å². The Bertz CT molecular complexity index is 1080. The van der Waals surface area contributed by atoms with Gasteiger partial charge in [0, 0.05) is 23.5 Å². The second kappa shape index (κ2) is 8.25. The van der Waals surface area contributed by atoms with Crippen molar-refractivity contribution in [1.82, 2.24) is 9.88 Å². The Morgan fingerprint density at radius 2 is 1.97 bits per heavy atom. The Labute approximate surface area is 184 Å². The molecule has 1 aromatic heterocycles. The lowest BCUT2D eigenvalue weighted by molar-refractivity contribution is -0.0562. The summed E-state index contributed by atoms with van der Waals surface area (Å²) in [5, 5.41) is 12.7. The topological polar surface area (TPSA) is 45.6 Å². The van der Waals surface area contributed by atoms with Crippen LogP contribution in [0.25, 0.3) is 22.2 Å². The number of aromatic nitrogens is 1. The second-order valence-electron chi connectivity index (χ2n) is 9.31. The molecule has 1 N–H and O–H groups in total. The van der Waals surface area contributed by atoms with Crippen LogP contribution in [0.3, 0.4) is 0 Å². The molecule has 0 spiro atoms. The number of fused-ring (bicyclic) bond motifs is 4. The number of methoxy groups -OCH3 is 1. The normalized spacial score (nSPS) is 26.2. The Morgan fingerprint density at radius 1 is 1.16 bits per heavy atom. The summed E-state index contributed by atoms with van der Waals surface area (Å²) in [6.45, 7) is 6.60. The number of aliphatic hydroxyl groups excluding tert-OH is 1. The maximum atomic E-state index is 11.7. The van der Waals surface area contributed by atoms with Crippen molar-refractivity contribution in [2.24, 2.45) is 11.8 Å². The number of nitrogens with zero attached hydrogens (tertiary/aromatic N) is 2. The molecule has 0 aliphatic carbocycles. The van der Waals surface area contributed by atoms with Crippen LogP contribution in [-0.4, -0.2) is 41.2 Å². The highest BCUT2D eigenvalue weighted by Gasteiger charge is 2.42. The fourth-order valence-corrected chi connectivity index (χ4v) is 5.65. The molecule has 2 bridgehead atoms. The summed E-state index contributed by atoms with van der Waals surface area (Å²) in [4.78, 5) is 7.46. The van der Waals surface area contributed by atoms with Crippen LogP contribution in [0.15, 0.2) is 48.5 Å². The van der Waals surface area contributed by atoms with E-state index in [1.807, 2.05) is 18.2 Å². The number of aliphatic hydroxyl groups is 1. The molecule has 3 fully saturated rings. The van der Waals surface area contributed by atoms with E-state index in [1.54, 1.807) is 7.11 Å². The molecule has 0 amide bonds. The molecule has 3 aromatic rings. The Balaban J connectivity index is 1.59. The lowest BCUT2D eigenvalue weighted by Gasteiger charge is -2.51. The number of benzene rings is 2. The minimum absolute atomic E-state index is 0.171. The number of pyridine rings is 1. The van der Waals surface area contributed by atoms with Crippen molar-refractivity contribution in [3.63, 3.8) is 0 Å². The van der Waals surface area contributed by atoms with Gasteiger partial charge >= 0.3 is 0 Å². The zero-order chi connectivity index (χ0) is 21.5. The number of hydrogen-bond donors (Lipinski definition) is 1. The molecule has 2 aromatic carbocycles. The highest BCUT2D eigenvalue weighted by molar-refractivity contribution is 5.87. The lowest BCUT2D eigenvalue weighted by atomic mass is 9.72. The molecule has 0 radical (unpaired) electrons. The first-order valence-electron chi connectivity index (χ1n) is 11.5. The van der Waals surface area contributed by atoms with Gasteiger partial charge in [0.1, 0.15) is 5.75 Å². The van der Waals surface area contributed by atoms with E-state index in [0.29, 0.717) is 0 Å². The maximum absolute atomic E-state index is 11.7. The molecule has 4 nitrogen and oxygen atoms in total. The first-order valence-corrected chi connectivity index (χ1v) is 11.5. The molecule has 1 unspecified atom stereocenters. The summed E-state index contributed by atoms with van der Waals surface area (Å²) in [5.41, 5.74) is 5.08. The summed E-state index contributed by atoms with van der Waals surface area (Å²) in [7, 11) is 1.68. The third-order valence-corrected chi connectivity index (χ3v) is 7.54. The summed E-state index contributed by atoms with van der Waals surface area (Å²) >= 11 is 0. The van der Waals surface area contributed by atoms with E-state index < -0.39 is 6.10 Å². The zero-order valence-corrected chi connectivity index (χ0v) is 18.7. The molecule has 162 valence electrons. The molecule has 3 aliphatic heterocycles. The van der Waals surface area contributed by atoms with Gasteiger partial charge < -0.3 is 9.84 Å². The monoisotopic (exact) mass is 416 g/mol. The molecule has 5 atom stereocenters. The third kappa shape index (κ3) is 3.72. The van der Waals surface area contributed by atoms with Crippen molar-refractivity contribution in [3.8, 4) is 17.0 Å². The Hall–Kier alpha value is -2.43. The van der Waals surface area contributed by atoms with Gasteiger partial charge in [0.15, 0.2) is 0 Å². The Kier molecular flexibility index (Phi) is 5.45. The van der Waals surface area contributed by atoms with E-state index in [-0.39, 0.29) is 6.04 Å². The SMILES string of the molecule is CC[C@H]1CN2CC[C@H]1C[C@H]2[C@H](O)c1cc(-c2ccc(C)cc2)nc2ccc(OC)cc12. The van der Waals surface area contributed by atoms with Crippen LogP contribution < -0.4 is 4.74 Å². The predicted octanol–water partition coefficient (Wildman–Crippen LogP) is 5.37. The van der Waals surface area contributed by atoms with Gasteiger partial charge in [-0.1, -0.05) is 43.2 Å². The third-order valence-electron chi connectivity index (χ3n) is 7.54. The van der Waals surface area contributed by atoms with Crippen LogP contribution in [0.2, 0.25) is 0 Å². The fraction of sp³-hybridized carbons (Fsp3) is 0.444. The number of piperidine rings is 3. The van der Waals surface area contributed by atoms with Crippen molar-refractivity contribution in [2.75, 3.05) is 20.2 Å². The van der Waals surface area contributed by atoms with E-state index in [4.69, 9.17) is 9.72 Å². The molecule has 6 rings (SSSR count). The number of aryl methyl sites for hydroxylation is 1. The predicted molar refractivity (Wildman–Crippen MR) is 125 cm³/mol. The van der Waals surface area contributed by atoms with Gasteiger partial charge in [-0.05, 0) is 68.0 Å². The minimum atomic E-state index is -0.539. The maximum Gasteiger partial charge on any atom is 0.119 e. The van der Waals surface area contributed by atoms with Gasteiger partial charge in [-0.3, -0.25) is 4.90 Å². The highest BCUT2D eigenvalue weighted by Crippen LogP contribution is 2.43. The average molecular weight is 417 g/mol. The summed E-state index contributed by atoms with van der Waals surface area (Å²) in [6.07, 6.45) is 3.04. The van der Waals surface area contributed by atoms with E-state index in [9.17, 15) is 5.11 Å². The summed E-state index contributed by atoms with van der Waals surface area (Å²) in [5.74, 6) is 2.30. The fourth-order valence-electron chi connectivity index (χ4n) is 5.65. The van der Waals surface area contributed by atoms with E-state index in [2.05, 4.69) is 49.1 Å². The molecule has 4 heteroatoms. The van der Waals surface area contributed by atoms with Crippen LogP contribution >= 0.6 is 0 Å². The van der Waals surface area contributed by atoms with Gasteiger partial charge in [-0.2, -0.15) is 0 Å². The molecule has 0 saturated carbocycles. The van der Waals surface area contributed by atoms with Gasteiger partial charge in [0.2, 0.25) is 0 Å². The van der Waals surface area contributed by atoms with Crippen LogP contribution in [0.5, 0.6) is 5.75 Å². The zero-order valence-electron chi connectivity index (χ0n) is 18.7. The lowest BCUT2D eigenvalue weighted by Crippen LogP contribution is -2.55. The van der Waals surface area contributed by atoms with Crippen LogP contribution in [0, 0.1) is 18.8 Å². The number of rotatable bonds is 5. The molecule has 31 heavy (non-hydrogen) atoms. The van der Waals surface area contributed by atoms with E-state index >= 15 is 0 Å². The highest BCUT2D eigenvalue weighted by atomic mass is 16.5. The molecular formula is C27H32N2O2. The van der Waals surface area contributed by atoms with E-state index in [1.165, 1.54) is 18.4 Å². The van der Waals surface area contributed by atoms with Gasteiger partial charge in [-0.15, -0.1) is 0 Å². The standard InChI is InChI=1S/C27H32N2O2/c1-4-18-16-29-12-11-20(18)13-26(29)27(30)23-15-25(19-7-5-17(2)6-8-19)28-24-10-9-21(31-3)14-22(23)24/h5-10,14-15,18,20,26-27,30H,4,11-13,16H2,1-3H3/t18-,20-,26-,27+/m0/s1. The summed E-state index contributed by atoms with van der Waals surface area (Å²) in [6, 6.07) is 16.7. The molecular weight excluding hydrogens is 384 g/mol. The molecule has 4 heterocycles. The number of ether oxygens (including phenoxy) is 1. The average Bonchev–Trinajstić information content (AvgIpc) is 2.83. The molecule has 3 saturated heterocycles. The largest absolute Gasteiger partial charge is 0.497 e. The van der Waals surface area contributed by atoms with Crippen molar-refractivity contribution >= 4 is 10.9 Å². The van der Waals surface area contributed by atoms with Crippen molar-refractivity contribution in [2.45, 2.75) is 45.3 Å². The van der Waals surface area contributed by atoms with Crippen molar-refractivity contribution in [3.05, 3.63) is 59.7 Å². The van der Waals surface area contributed by atoms with Crippen LogP contribution in [0.4, 0.5) is 0 Å². The smallest absolute Gasteiger partial charge is 0.119 e. The van der Waals surface area contributed by atoms with Crippen LogP contribution in [0.1, 0.15) is 43.4 Å². The van der Waals surface area contributed by atoms with Crippen LogP contribution in [-0.2, 0) is 0 Å². The second-order valence-corrected chi connectivity index (χ2v) is 9.31. The van der Waals surface area contributed by atoms with E-state index in [0.717, 1.165) is 64.8 Å². The quantitative estimate of drug-likeness (QED) is 0.607. The van der Waals surface area contributed by atoms with Gasteiger partial charge in [-0.25, -0.2) is 4.98 Å². The summed E-state index contributed by atoms with van der Waals surface area (Å²) < 4.78 is 5.49. The first kappa shape index (κ1) is 20.5. The minimum Gasteiger partial charge on any atom is -0.497 e. The van der Waals surface area contributed by atoms with Crippen molar-refractivity contribution in [1.29, 1.82) is 0 Å². The first-order chi connectivity index (χ1) is 15.1. The van der Waals surface area contributed by atoms with Gasteiger partial charge in [0.05, 0.1) is 24.4 Å². The number of hydrogen-bond acceptors (Lipinski definition) is 4. The Morgan fingerprint density at radius 3 is 2.65 bits per heavy atom.